The number of nitrogens with one attached hydrogen (secondary N) is 1. The molecule has 1 aliphatic rings. The fourth-order valence-corrected chi connectivity index (χ4v) is 5.21. The highest BCUT2D eigenvalue weighted by molar-refractivity contribution is 6.08. The molecule has 0 atom stereocenters. The van der Waals surface area contributed by atoms with Crippen LogP contribution in [0.5, 0.6) is 11.5 Å². The van der Waals surface area contributed by atoms with Crippen molar-refractivity contribution in [1.82, 2.24) is 9.80 Å². The van der Waals surface area contributed by atoms with Gasteiger partial charge in [0, 0.05) is 50.9 Å². The number of hydrogen-bond acceptors (Lipinski definition) is 7. The average molecular weight is 630 g/mol. The Morgan fingerprint density at radius 1 is 0.783 bits per heavy atom. The van der Waals surface area contributed by atoms with E-state index in [1.165, 1.54) is 0 Å². The molecule has 4 rings (SSSR count). The molecular weight excluding hydrogens is 582 g/mol. The van der Waals surface area contributed by atoms with Gasteiger partial charge in [-0.1, -0.05) is 24.3 Å². The van der Waals surface area contributed by atoms with E-state index in [0.29, 0.717) is 60.2 Å². The Kier molecular flexibility index (Phi) is 13.4. The summed E-state index contributed by atoms with van der Waals surface area (Å²) in [5.74, 6) is 0.882. The number of nitrogens with two attached hydrogens (primary N) is 1. The van der Waals surface area contributed by atoms with Crippen LogP contribution in [0.3, 0.4) is 0 Å². The molecule has 3 amide bonds. The van der Waals surface area contributed by atoms with Gasteiger partial charge in [-0.3, -0.25) is 14.4 Å². The molecule has 1 fully saturated rings. The molecule has 1 saturated heterocycles. The third-order valence-electron chi connectivity index (χ3n) is 8.06. The van der Waals surface area contributed by atoms with Gasteiger partial charge < -0.3 is 35.2 Å². The number of carbonyl (C=O) groups is 3. The van der Waals surface area contributed by atoms with E-state index in [4.69, 9.17) is 15.2 Å². The second-order valence-corrected chi connectivity index (χ2v) is 11.5. The van der Waals surface area contributed by atoms with E-state index in [2.05, 4.69) is 17.3 Å². The molecule has 0 spiro atoms. The van der Waals surface area contributed by atoms with E-state index in [0.717, 1.165) is 58.3 Å². The smallest absolute Gasteiger partial charge is 0.259 e. The molecule has 1 aliphatic heterocycles. The maximum atomic E-state index is 13.4. The third-order valence-corrected chi connectivity index (χ3v) is 8.06. The Morgan fingerprint density at radius 2 is 1.41 bits per heavy atom. The molecule has 0 bridgehead atoms. The van der Waals surface area contributed by atoms with Crippen LogP contribution in [0, 0.1) is 0 Å². The molecule has 0 radical (unpaired) electrons. The number of ether oxygens (including phenoxy) is 2. The Hall–Kier alpha value is -4.41. The molecule has 0 aliphatic carbocycles. The van der Waals surface area contributed by atoms with Gasteiger partial charge in [0.15, 0.2) is 0 Å². The van der Waals surface area contributed by atoms with Crippen LogP contribution in [0.15, 0.2) is 72.8 Å². The first kappa shape index (κ1) is 34.5. The maximum absolute atomic E-state index is 13.4. The van der Waals surface area contributed by atoms with Crippen LogP contribution < -0.4 is 25.4 Å². The first-order valence-electron chi connectivity index (χ1n) is 16.2. The molecule has 1 heterocycles. The number of unbranched alkanes of at least 4 members (excludes halogenated alkanes) is 3. The second kappa shape index (κ2) is 17.9. The van der Waals surface area contributed by atoms with Crippen molar-refractivity contribution in [3.63, 3.8) is 0 Å². The number of hydrogen-bond donors (Lipinski definition) is 2. The Balaban J connectivity index is 1.26. The summed E-state index contributed by atoms with van der Waals surface area (Å²) in [7, 11) is 3.80. The quantitative estimate of drug-likeness (QED) is 0.213. The van der Waals surface area contributed by atoms with Crippen LogP contribution in [0.1, 0.15) is 59.2 Å². The van der Waals surface area contributed by atoms with E-state index in [1.54, 1.807) is 54.4 Å². The summed E-state index contributed by atoms with van der Waals surface area (Å²) in [6.45, 7) is 5.07. The lowest BCUT2D eigenvalue weighted by Gasteiger charge is -2.32. The van der Waals surface area contributed by atoms with Gasteiger partial charge in [0.25, 0.3) is 11.8 Å². The van der Waals surface area contributed by atoms with E-state index in [-0.39, 0.29) is 17.7 Å². The first-order valence-corrected chi connectivity index (χ1v) is 16.2. The molecule has 246 valence electrons. The summed E-state index contributed by atoms with van der Waals surface area (Å²) in [6.07, 6.45) is 4.79. The number of anilines is 2. The standard InChI is InChI=1S/C36H47N5O5/c1-39-22-24-41(25-23-39)34(42)16-4-3-10-26-46-33-15-8-6-13-31(33)40(2)36(44)28-17-19-29(20-18-28)38-35(43)30-12-5-7-14-32(30)45-27-11-9-21-37/h5-8,12-15,17-20H,3-4,9-11,16,21-27,37H2,1-2H3,(H,38,43). The molecule has 10 nitrogen and oxygen atoms in total. The van der Waals surface area contributed by atoms with Crippen molar-refractivity contribution < 1.29 is 23.9 Å². The van der Waals surface area contributed by atoms with E-state index >= 15 is 0 Å². The predicted molar refractivity (Wildman–Crippen MR) is 182 cm³/mol. The molecular formula is C36H47N5O5. The van der Waals surface area contributed by atoms with Gasteiger partial charge in [0.2, 0.25) is 5.91 Å². The highest BCUT2D eigenvalue weighted by Crippen LogP contribution is 2.29. The molecule has 3 N–H and O–H groups in total. The molecule has 46 heavy (non-hydrogen) atoms. The summed E-state index contributed by atoms with van der Waals surface area (Å²) in [5.41, 5.74) is 7.70. The number of likely N-dealkylation sites (N-methyl/N-ethyl adjacent to an activating group) is 1. The zero-order valence-corrected chi connectivity index (χ0v) is 27.1. The van der Waals surface area contributed by atoms with Crippen LogP contribution in [0.25, 0.3) is 0 Å². The lowest BCUT2D eigenvalue weighted by Crippen LogP contribution is -2.47. The van der Waals surface area contributed by atoms with Crippen molar-refractivity contribution in [2.45, 2.75) is 38.5 Å². The minimum absolute atomic E-state index is 0.201. The summed E-state index contributed by atoms with van der Waals surface area (Å²) >= 11 is 0. The molecule has 3 aromatic rings. The van der Waals surface area contributed by atoms with E-state index < -0.39 is 0 Å². The second-order valence-electron chi connectivity index (χ2n) is 11.5. The SMILES string of the molecule is CN1CCN(C(=O)CCCCCOc2ccccc2N(C)C(=O)c2ccc(NC(=O)c3ccccc3OCCCCN)cc2)CC1. The van der Waals surface area contributed by atoms with Gasteiger partial charge >= 0.3 is 0 Å². The van der Waals surface area contributed by atoms with Crippen LogP contribution in [0.4, 0.5) is 11.4 Å². The molecule has 0 saturated carbocycles. The van der Waals surface area contributed by atoms with Crippen molar-refractivity contribution >= 4 is 29.1 Å². The highest BCUT2D eigenvalue weighted by atomic mass is 16.5. The summed E-state index contributed by atoms with van der Waals surface area (Å²) in [5, 5.41) is 2.89. The highest BCUT2D eigenvalue weighted by Gasteiger charge is 2.20. The normalized spacial score (nSPS) is 13.2. The number of amides is 3. The number of rotatable bonds is 16. The number of benzene rings is 3. The van der Waals surface area contributed by atoms with Crippen LogP contribution in [-0.2, 0) is 4.79 Å². The van der Waals surface area contributed by atoms with E-state index in [9.17, 15) is 14.4 Å². The van der Waals surface area contributed by atoms with Gasteiger partial charge in [0.1, 0.15) is 11.5 Å². The minimum atomic E-state index is -0.293. The van der Waals surface area contributed by atoms with Crippen LogP contribution in [0.2, 0.25) is 0 Å². The zero-order valence-electron chi connectivity index (χ0n) is 27.1. The molecule has 10 heteroatoms. The fourth-order valence-electron chi connectivity index (χ4n) is 5.21. The first-order chi connectivity index (χ1) is 22.4. The Labute approximate surface area is 272 Å². The van der Waals surface area contributed by atoms with Crippen molar-refractivity contribution in [2.75, 3.05) is 70.2 Å². The lowest BCUT2D eigenvalue weighted by molar-refractivity contribution is -0.132. The van der Waals surface area contributed by atoms with Crippen molar-refractivity contribution in [1.29, 1.82) is 0 Å². The van der Waals surface area contributed by atoms with Crippen molar-refractivity contribution in [3.05, 3.63) is 83.9 Å². The zero-order chi connectivity index (χ0) is 32.7. The largest absolute Gasteiger partial charge is 0.493 e. The Bertz CT molecular complexity index is 1420. The molecule has 0 aromatic heterocycles. The van der Waals surface area contributed by atoms with Crippen LogP contribution >= 0.6 is 0 Å². The number of nitrogens with zero attached hydrogens (tertiary/aromatic N) is 3. The van der Waals surface area contributed by atoms with Gasteiger partial charge in [0.05, 0.1) is 24.5 Å². The minimum Gasteiger partial charge on any atom is -0.493 e. The average Bonchev–Trinajstić information content (AvgIpc) is 3.08. The summed E-state index contributed by atoms with van der Waals surface area (Å²) in [4.78, 5) is 44.6. The summed E-state index contributed by atoms with van der Waals surface area (Å²) < 4.78 is 11.9. The predicted octanol–water partition coefficient (Wildman–Crippen LogP) is 5.05. The van der Waals surface area contributed by atoms with Gasteiger partial charge in [-0.25, -0.2) is 0 Å². The van der Waals surface area contributed by atoms with Crippen LogP contribution in [-0.4, -0.2) is 87.6 Å². The maximum Gasteiger partial charge on any atom is 0.259 e. The molecule has 0 unspecified atom stereocenters. The van der Waals surface area contributed by atoms with Crippen molar-refractivity contribution in [2.24, 2.45) is 5.73 Å². The number of para-hydroxylation sites is 3. The van der Waals surface area contributed by atoms with Gasteiger partial charge in [-0.2, -0.15) is 0 Å². The Morgan fingerprint density at radius 3 is 2.13 bits per heavy atom. The van der Waals surface area contributed by atoms with Gasteiger partial charge in [-0.15, -0.1) is 0 Å². The lowest BCUT2D eigenvalue weighted by atomic mass is 10.1. The number of piperazine rings is 1. The summed E-state index contributed by atoms with van der Waals surface area (Å²) in [6, 6.07) is 21.4. The number of carbonyl (C=O) groups excluding carboxylic acids is 3. The third kappa shape index (κ3) is 10.1. The van der Waals surface area contributed by atoms with Crippen molar-refractivity contribution in [3.8, 4) is 11.5 Å². The molecule has 3 aromatic carbocycles. The topological polar surface area (TPSA) is 117 Å². The van der Waals surface area contributed by atoms with Gasteiger partial charge in [-0.05, 0) is 94.2 Å². The monoisotopic (exact) mass is 629 g/mol. The fraction of sp³-hybridized carbons (Fsp3) is 0.417. The van der Waals surface area contributed by atoms with E-state index in [1.807, 2.05) is 35.2 Å².